The van der Waals surface area contributed by atoms with E-state index in [1.165, 1.54) is 25.7 Å². The smallest absolute Gasteiger partial charge is 0.168 e. The van der Waals surface area contributed by atoms with E-state index in [-0.39, 0.29) is 5.38 Å². The summed E-state index contributed by atoms with van der Waals surface area (Å²) in [6.07, 6.45) is 5.50. The topological polar surface area (TPSA) is 41.6 Å². The summed E-state index contributed by atoms with van der Waals surface area (Å²) in [5, 5.41) is 7.15. The molecule has 0 aromatic carbocycles. The van der Waals surface area contributed by atoms with E-state index in [1.54, 1.807) is 0 Å². The second-order valence-electron chi connectivity index (χ2n) is 4.98. The van der Waals surface area contributed by atoms with E-state index in [9.17, 15) is 0 Å². The van der Waals surface area contributed by atoms with Gasteiger partial charge in [0.15, 0.2) is 5.82 Å². The number of aromatic amines is 1. The Morgan fingerprint density at radius 2 is 2.27 bits per heavy atom. The van der Waals surface area contributed by atoms with Crippen molar-refractivity contribution < 1.29 is 0 Å². The molecule has 82 valence electrons. The minimum absolute atomic E-state index is 0.0893. The third-order valence-corrected chi connectivity index (χ3v) is 4.16. The molecule has 1 N–H and O–H groups in total. The molecule has 3 rings (SSSR count). The van der Waals surface area contributed by atoms with E-state index in [0.717, 1.165) is 23.5 Å². The van der Waals surface area contributed by atoms with Gasteiger partial charge in [0, 0.05) is 5.92 Å². The third kappa shape index (κ3) is 1.57. The SMILES string of the molecule is CC(Cl)c1n[nH]c(C2CC3CCC2C3)n1. The molecule has 2 aliphatic rings. The fraction of sp³-hybridized carbons (Fsp3) is 0.818. The van der Waals surface area contributed by atoms with Crippen LogP contribution < -0.4 is 0 Å². The number of hydrogen-bond acceptors (Lipinski definition) is 2. The van der Waals surface area contributed by atoms with Crippen molar-refractivity contribution in [3.8, 4) is 0 Å². The van der Waals surface area contributed by atoms with Crippen molar-refractivity contribution in [3.05, 3.63) is 11.6 Å². The fourth-order valence-electron chi connectivity index (χ4n) is 3.21. The van der Waals surface area contributed by atoms with Crippen LogP contribution in [0.3, 0.4) is 0 Å². The maximum absolute atomic E-state index is 5.96. The van der Waals surface area contributed by atoms with E-state index in [4.69, 9.17) is 11.6 Å². The highest BCUT2D eigenvalue weighted by Gasteiger charge is 2.41. The van der Waals surface area contributed by atoms with E-state index >= 15 is 0 Å². The van der Waals surface area contributed by atoms with Crippen LogP contribution in [0, 0.1) is 11.8 Å². The van der Waals surface area contributed by atoms with Crippen LogP contribution in [0.1, 0.15) is 55.6 Å². The van der Waals surface area contributed by atoms with Crippen molar-refractivity contribution in [2.45, 2.75) is 43.9 Å². The molecule has 1 aromatic heterocycles. The number of H-pyrrole nitrogens is 1. The Morgan fingerprint density at radius 1 is 1.40 bits per heavy atom. The Balaban J connectivity index is 1.81. The average molecular weight is 226 g/mol. The monoisotopic (exact) mass is 225 g/mol. The van der Waals surface area contributed by atoms with E-state index < -0.39 is 0 Å². The molecule has 4 unspecified atom stereocenters. The second kappa shape index (κ2) is 3.48. The lowest BCUT2D eigenvalue weighted by Crippen LogP contribution is -2.10. The molecule has 2 aliphatic carbocycles. The molecular weight excluding hydrogens is 210 g/mol. The van der Waals surface area contributed by atoms with Crippen molar-refractivity contribution in [1.82, 2.24) is 15.2 Å². The van der Waals surface area contributed by atoms with Crippen LogP contribution in [-0.2, 0) is 0 Å². The zero-order valence-corrected chi connectivity index (χ0v) is 9.67. The second-order valence-corrected chi connectivity index (χ2v) is 5.63. The molecule has 1 aromatic rings. The third-order valence-electron chi connectivity index (χ3n) is 3.97. The predicted octanol–water partition coefficient (Wildman–Crippen LogP) is 3.01. The highest BCUT2D eigenvalue weighted by Crippen LogP contribution is 2.52. The zero-order valence-electron chi connectivity index (χ0n) is 8.91. The van der Waals surface area contributed by atoms with Crippen molar-refractivity contribution in [3.63, 3.8) is 0 Å². The molecule has 1 heterocycles. The van der Waals surface area contributed by atoms with Gasteiger partial charge < -0.3 is 0 Å². The summed E-state index contributed by atoms with van der Waals surface area (Å²) in [4.78, 5) is 4.51. The zero-order chi connectivity index (χ0) is 10.4. The minimum Gasteiger partial charge on any atom is -0.263 e. The summed E-state index contributed by atoms with van der Waals surface area (Å²) >= 11 is 5.96. The number of nitrogens with one attached hydrogen (secondary N) is 1. The molecule has 4 heteroatoms. The summed E-state index contributed by atoms with van der Waals surface area (Å²) in [6, 6.07) is 0. The quantitative estimate of drug-likeness (QED) is 0.787. The summed E-state index contributed by atoms with van der Waals surface area (Å²) in [7, 11) is 0. The van der Waals surface area contributed by atoms with Gasteiger partial charge in [0.25, 0.3) is 0 Å². The van der Waals surface area contributed by atoms with Gasteiger partial charge in [-0.05, 0) is 38.0 Å². The molecule has 0 radical (unpaired) electrons. The Morgan fingerprint density at radius 3 is 2.80 bits per heavy atom. The molecule has 2 fully saturated rings. The van der Waals surface area contributed by atoms with Crippen molar-refractivity contribution >= 4 is 11.6 Å². The Labute approximate surface area is 94.6 Å². The Kier molecular flexibility index (Phi) is 2.23. The molecule has 0 aliphatic heterocycles. The molecule has 2 bridgehead atoms. The first kappa shape index (κ1) is 9.64. The first-order valence-electron chi connectivity index (χ1n) is 5.80. The van der Waals surface area contributed by atoms with E-state index in [2.05, 4.69) is 15.2 Å². The van der Waals surface area contributed by atoms with Crippen LogP contribution >= 0.6 is 11.6 Å². The van der Waals surface area contributed by atoms with Gasteiger partial charge in [-0.2, -0.15) is 5.10 Å². The van der Waals surface area contributed by atoms with Crippen LogP contribution in [-0.4, -0.2) is 15.2 Å². The Hall–Kier alpha value is -0.570. The molecule has 0 amide bonds. The molecule has 4 atom stereocenters. The van der Waals surface area contributed by atoms with Crippen molar-refractivity contribution in [1.29, 1.82) is 0 Å². The molecular formula is C11H16ClN3. The van der Waals surface area contributed by atoms with Crippen molar-refractivity contribution in [2.24, 2.45) is 11.8 Å². The van der Waals surface area contributed by atoms with Gasteiger partial charge in [-0.25, -0.2) is 4.98 Å². The predicted molar refractivity (Wildman–Crippen MR) is 58.8 cm³/mol. The van der Waals surface area contributed by atoms with Crippen LogP contribution in [0.4, 0.5) is 0 Å². The van der Waals surface area contributed by atoms with E-state index in [0.29, 0.717) is 5.92 Å². The lowest BCUT2D eigenvalue weighted by atomic mass is 9.88. The summed E-state index contributed by atoms with van der Waals surface area (Å²) in [5.41, 5.74) is 0. The van der Waals surface area contributed by atoms with Crippen molar-refractivity contribution in [2.75, 3.05) is 0 Å². The highest BCUT2D eigenvalue weighted by molar-refractivity contribution is 6.20. The maximum atomic E-state index is 5.96. The molecule has 0 spiro atoms. The van der Waals surface area contributed by atoms with E-state index in [1.807, 2.05) is 6.92 Å². The highest BCUT2D eigenvalue weighted by atomic mass is 35.5. The molecule has 0 saturated heterocycles. The van der Waals surface area contributed by atoms with Crippen LogP contribution in [0.2, 0.25) is 0 Å². The largest absolute Gasteiger partial charge is 0.263 e. The average Bonchev–Trinajstić information content (AvgIpc) is 2.93. The first-order chi connectivity index (χ1) is 7.24. The van der Waals surface area contributed by atoms with Crippen LogP contribution in [0.5, 0.6) is 0 Å². The number of fused-ring (bicyclic) bond motifs is 2. The van der Waals surface area contributed by atoms with Gasteiger partial charge in [0.2, 0.25) is 0 Å². The Bertz CT molecular complexity index is 360. The minimum atomic E-state index is -0.0893. The maximum Gasteiger partial charge on any atom is 0.168 e. The van der Waals surface area contributed by atoms with Gasteiger partial charge >= 0.3 is 0 Å². The number of aromatic nitrogens is 3. The van der Waals surface area contributed by atoms with Gasteiger partial charge in [0.05, 0.1) is 5.38 Å². The standard InChI is InChI=1S/C11H16ClN3/c1-6(12)10-13-11(15-14-10)9-5-7-2-3-8(9)4-7/h6-9H,2-5H2,1H3,(H,13,14,15). The van der Waals surface area contributed by atoms with Gasteiger partial charge in [-0.15, -0.1) is 11.6 Å². The number of hydrogen-bond donors (Lipinski definition) is 1. The van der Waals surface area contributed by atoms with Crippen LogP contribution in [0.25, 0.3) is 0 Å². The lowest BCUT2D eigenvalue weighted by molar-refractivity contribution is 0.406. The van der Waals surface area contributed by atoms with Gasteiger partial charge in [0.1, 0.15) is 5.82 Å². The molecule has 3 nitrogen and oxygen atoms in total. The summed E-state index contributed by atoms with van der Waals surface area (Å²) in [5.74, 6) is 4.24. The van der Waals surface area contributed by atoms with Gasteiger partial charge in [-0.3, -0.25) is 5.10 Å². The lowest BCUT2D eigenvalue weighted by Gasteiger charge is -2.18. The summed E-state index contributed by atoms with van der Waals surface area (Å²) in [6.45, 7) is 1.91. The number of rotatable bonds is 2. The summed E-state index contributed by atoms with van der Waals surface area (Å²) < 4.78 is 0. The normalized spacial score (nSPS) is 36.0. The number of alkyl halides is 1. The fourth-order valence-corrected chi connectivity index (χ4v) is 3.31. The number of nitrogens with zero attached hydrogens (tertiary/aromatic N) is 2. The van der Waals surface area contributed by atoms with Gasteiger partial charge in [-0.1, -0.05) is 6.42 Å². The molecule has 2 saturated carbocycles. The first-order valence-corrected chi connectivity index (χ1v) is 6.24. The molecule has 15 heavy (non-hydrogen) atoms. The number of halogens is 1. The van der Waals surface area contributed by atoms with Crippen LogP contribution in [0.15, 0.2) is 0 Å².